The lowest BCUT2D eigenvalue weighted by Crippen LogP contribution is -2.44. The van der Waals surface area contributed by atoms with Crippen molar-refractivity contribution in [1.29, 1.82) is 0 Å². The molecule has 1 amide bonds. The molecule has 0 radical (unpaired) electrons. The molecule has 2 unspecified atom stereocenters. The van der Waals surface area contributed by atoms with Crippen molar-refractivity contribution in [2.24, 2.45) is 5.92 Å². The van der Waals surface area contributed by atoms with Crippen molar-refractivity contribution < 1.29 is 14.7 Å². The quantitative estimate of drug-likeness (QED) is 0.685. The highest BCUT2D eigenvalue weighted by Gasteiger charge is 2.19. The zero-order valence-corrected chi connectivity index (χ0v) is 14.0. The summed E-state index contributed by atoms with van der Waals surface area (Å²) in [7, 11) is 1.64. The predicted molar refractivity (Wildman–Crippen MR) is 83.3 cm³/mol. The molecule has 5 nitrogen and oxygen atoms in total. The van der Waals surface area contributed by atoms with Gasteiger partial charge < -0.3 is 10.4 Å². The van der Waals surface area contributed by atoms with Crippen LogP contribution in [0.2, 0.25) is 0 Å². The third-order valence-electron chi connectivity index (χ3n) is 3.24. The molecule has 0 aromatic rings. The Morgan fingerprint density at radius 3 is 2.15 bits per heavy atom. The van der Waals surface area contributed by atoms with Crippen molar-refractivity contribution in [1.82, 2.24) is 10.2 Å². The number of carboxylic acid groups (broad SMARTS) is 1. The number of halogens is 1. The van der Waals surface area contributed by atoms with E-state index in [1.165, 1.54) is 4.90 Å². The Hall–Kier alpha value is -0.810. The first-order chi connectivity index (χ1) is 8.73. The largest absolute Gasteiger partial charge is 0.480 e. The van der Waals surface area contributed by atoms with E-state index >= 15 is 0 Å². The van der Waals surface area contributed by atoms with Gasteiger partial charge in [-0.15, -0.1) is 12.4 Å². The normalized spacial score (nSPS) is 13.8. The molecule has 0 spiro atoms. The molecule has 2 N–H and O–H groups in total. The predicted octanol–water partition coefficient (Wildman–Crippen LogP) is 2.14. The van der Waals surface area contributed by atoms with Crippen LogP contribution in [0, 0.1) is 5.92 Å². The fourth-order valence-electron chi connectivity index (χ4n) is 1.78. The number of carboxylic acids is 1. The summed E-state index contributed by atoms with van der Waals surface area (Å²) in [4.78, 5) is 24.0. The van der Waals surface area contributed by atoms with Gasteiger partial charge in [-0.1, -0.05) is 26.7 Å². The molecule has 2 atom stereocenters. The van der Waals surface area contributed by atoms with Gasteiger partial charge in [-0.3, -0.25) is 14.5 Å². The van der Waals surface area contributed by atoms with Crippen LogP contribution in [0.5, 0.6) is 0 Å². The number of carbonyl (C=O) groups is 2. The average Bonchev–Trinajstić information content (AvgIpc) is 2.26. The van der Waals surface area contributed by atoms with Crippen molar-refractivity contribution in [3.63, 3.8) is 0 Å². The summed E-state index contributed by atoms with van der Waals surface area (Å²) in [5.74, 6) is -0.349. The molecule has 0 aliphatic heterocycles. The number of hydrogen-bond acceptors (Lipinski definition) is 3. The van der Waals surface area contributed by atoms with E-state index < -0.39 is 12.0 Å². The maximum absolute atomic E-state index is 11.7. The fraction of sp³-hybridized carbons (Fsp3) is 0.857. The highest BCUT2D eigenvalue weighted by Crippen LogP contribution is 2.08. The van der Waals surface area contributed by atoms with Gasteiger partial charge in [-0.05, 0) is 33.2 Å². The summed E-state index contributed by atoms with van der Waals surface area (Å²) < 4.78 is 0. The van der Waals surface area contributed by atoms with Crippen LogP contribution in [0.3, 0.4) is 0 Å². The van der Waals surface area contributed by atoms with E-state index in [9.17, 15) is 9.59 Å². The number of carbonyl (C=O) groups excluding carboxylic acids is 1. The van der Waals surface area contributed by atoms with Gasteiger partial charge >= 0.3 is 5.97 Å². The Morgan fingerprint density at radius 2 is 1.70 bits per heavy atom. The van der Waals surface area contributed by atoms with Crippen LogP contribution >= 0.6 is 12.4 Å². The Kier molecular flexibility index (Phi) is 11.7. The van der Waals surface area contributed by atoms with Crippen LogP contribution in [0.15, 0.2) is 0 Å². The van der Waals surface area contributed by atoms with E-state index in [4.69, 9.17) is 5.11 Å². The fourth-order valence-corrected chi connectivity index (χ4v) is 1.78. The highest BCUT2D eigenvalue weighted by molar-refractivity contribution is 5.85. The first kappa shape index (κ1) is 21.5. The highest BCUT2D eigenvalue weighted by atomic mass is 35.5. The maximum atomic E-state index is 11.7. The maximum Gasteiger partial charge on any atom is 0.320 e. The molecule has 0 aliphatic carbocycles. The summed E-state index contributed by atoms with van der Waals surface area (Å²) in [6.45, 7) is 8.04. The Bertz CT molecular complexity index is 298. The summed E-state index contributed by atoms with van der Waals surface area (Å²) >= 11 is 0. The third kappa shape index (κ3) is 10.0. The molecule has 0 fully saturated rings. The Balaban J connectivity index is 0. The SMILES string of the molecule is CC(C)CCCC(C)NC(=O)CN(C)C(C)C(=O)O.Cl. The smallest absolute Gasteiger partial charge is 0.320 e. The molecule has 0 saturated carbocycles. The van der Waals surface area contributed by atoms with Crippen LogP contribution in [0.1, 0.15) is 47.0 Å². The van der Waals surface area contributed by atoms with Gasteiger partial charge in [-0.2, -0.15) is 0 Å². The van der Waals surface area contributed by atoms with E-state index in [2.05, 4.69) is 19.2 Å². The number of rotatable bonds is 9. The van der Waals surface area contributed by atoms with Gasteiger partial charge in [-0.25, -0.2) is 0 Å². The molecule has 0 rings (SSSR count). The van der Waals surface area contributed by atoms with E-state index in [1.807, 2.05) is 6.92 Å². The average molecular weight is 309 g/mol. The number of nitrogens with zero attached hydrogens (tertiary/aromatic N) is 1. The molecule has 6 heteroatoms. The molecule has 0 aromatic heterocycles. The van der Waals surface area contributed by atoms with Crippen LogP contribution < -0.4 is 5.32 Å². The summed E-state index contributed by atoms with van der Waals surface area (Å²) in [5, 5.41) is 11.7. The molecule has 0 saturated heterocycles. The number of amides is 1. The van der Waals surface area contributed by atoms with Crippen molar-refractivity contribution >= 4 is 24.3 Å². The number of aliphatic carboxylic acids is 1. The van der Waals surface area contributed by atoms with Crippen molar-refractivity contribution in [2.45, 2.75) is 59.0 Å². The van der Waals surface area contributed by atoms with Gasteiger partial charge in [0.2, 0.25) is 5.91 Å². The van der Waals surface area contributed by atoms with E-state index in [0.29, 0.717) is 5.92 Å². The Labute approximate surface area is 128 Å². The second-order valence-corrected chi connectivity index (χ2v) is 5.72. The molecule has 20 heavy (non-hydrogen) atoms. The third-order valence-corrected chi connectivity index (χ3v) is 3.24. The summed E-state index contributed by atoms with van der Waals surface area (Å²) in [5.41, 5.74) is 0. The first-order valence-electron chi connectivity index (χ1n) is 6.96. The molecule has 0 aliphatic rings. The van der Waals surface area contributed by atoms with E-state index in [-0.39, 0.29) is 30.9 Å². The van der Waals surface area contributed by atoms with Gasteiger partial charge in [0.15, 0.2) is 0 Å². The molecule has 120 valence electrons. The van der Waals surface area contributed by atoms with Gasteiger partial charge in [0.05, 0.1) is 6.54 Å². The zero-order chi connectivity index (χ0) is 15.0. The molecular formula is C14H29ClN2O3. The summed E-state index contributed by atoms with van der Waals surface area (Å²) in [6.07, 6.45) is 3.22. The number of nitrogens with one attached hydrogen (secondary N) is 1. The van der Waals surface area contributed by atoms with Gasteiger partial charge in [0.25, 0.3) is 0 Å². The lowest BCUT2D eigenvalue weighted by molar-refractivity contribution is -0.142. The van der Waals surface area contributed by atoms with E-state index in [1.54, 1.807) is 14.0 Å². The van der Waals surface area contributed by atoms with Crippen LogP contribution in [-0.4, -0.2) is 47.6 Å². The number of hydrogen-bond donors (Lipinski definition) is 2. The summed E-state index contributed by atoms with van der Waals surface area (Å²) in [6, 6.07) is -0.512. The van der Waals surface area contributed by atoms with Gasteiger partial charge in [0, 0.05) is 6.04 Å². The lowest BCUT2D eigenvalue weighted by Gasteiger charge is -2.22. The first-order valence-corrected chi connectivity index (χ1v) is 6.96. The van der Waals surface area contributed by atoms with Crippen LogP contribution in [-0.2, 0) is 9.59 Å². The second-order valence-electron chi connectivity index (χ2n) is 5.72. The van der Waals surface area contributed by atoms with Crippen LogP contribution in [0.25, 0.3) is 0 Å². The topological polar surface area (TPSA) is 69.6 Å². The Morgan fingerprint density at radius 1 is 1.15 bits per heavy atom. The van der Waals surface area contributed by atoms with Gasteiger partial charge in [0.1, 0.15) is 6.04 Å². The molecule has 0 bridgehead atoms. The minimum atomic E-state index is -0.916. The van der Waals surface area contributed by atoms with Crippen molar-refractivity contribution in [3.05, 3.63) is 0 Å². The lowest BCUT2D eigenvalue weighted by atomic mass is 10.0. The van der Waals surface area contributed by atoms with Crippen molar-refractivity contribution in [2.75, 3.05) is 13.6 Å². The molecule has 0 heterocycles. The monoisotopic (exact) mass is 308 g/mol. The molecular weight excluding hydrogens is 280 g/mol. The van der Waals surface area contributed by atoms with Crippen LogP contribution in [0.4, 0.5) is 0 Å². The number of likely N-dealkylation sites (N-methyl/N-ethyl adjacent to an activating group) is 1. The molecule has 0 aromatic carbocycles. The van der Waals surface area contributed by atoms with E-state index in [0.717, 1.165) is 19.3 Å². The second kappa shape index (κ2) is 10.9. The van der Waals surface area contributed by atoms with Crippen molar-refractivity contribution in [3.8, 4) is 0 Å². The minimum absolute atomic E-state index is 0. The minimum Gasteiger partial charge on any atom is -0.480 e. The standard InChI is InChI=1S/C14H28N2O3.ClH/c1-10(2)7-6-8-11(3)15-13(17)9-16(5)12(4)14(18)19;/h10-12H,6-9H2,1-5H3,(H,15,17)(H,18,19);1H. The zero-order valence-electron chi connectivity index (χ0n) is 13.2.